The molecule has 1 amide bonds. The molecule has 2 aromatic carbocycles. The number of aromatic amines is 1. The van der Waals surface area contributed by atoms with Gasteiger partial charge in [-0.25, -0.2) is 0 Å². The molecule has 27 heavy (non-hydrogen) atoms. The number of carbonyl (C=O) groups excluding carboxylic acids is 1. The van der Waals surface area contributed by atoms with Gasteiger partial charge in [-0.15, -0.1) is 0 Å². The maximum atomic E-state index is 13.3. The minimum atomic E-state index is -0.231. The molecule has 2 atom stereocenters. The zero-order valence-corrected chi connectivity index (χ0v) is 16.2. The molecule has 4 nitrogen and oxygen atoms in total. The molecule has 2 aliphatic rings. The first kappa shape index (κ1) is 16.5. The van der Waals surface area contributed by atoms with E-state index in [0.29, 0.717) is 11.5 Å². The van der Waals surface area contributed by atoms with Gasteiger partial charge in [-0.3, -0.25) is 9.69 Å². The second kappa shape index (κ2) is 5.92. The van der Waals surface area contributed by atoms with Gasteiger partial charge in [-0.05, 0) is 54.9 Å². The van der Waals surface area contributed by atoms with Crippen molar-refractivity contribution in [3.63, 3.8) is 0 Å². The van der Waals surface area contributed by atoms with Crippen molar-refractivity contribution in [2.24, 2.45) is 0 Å². The summed E-state index contributed by atoms with van der Waals surface area (Å²) in [7, 11) is 0. The standard InChI is InChI=1S/C22H21N3OS/c1-3-14-8-10-15(11-9-14)25-21(26)19-12-17-16-6-4-5-7-18(16)23-20(17)13(2)24(19)22(25)27/h4-11,13,19,23H,3,12H2,1-2H3/t13-,19-/m0/s1. The van der Waals surface area contributed by atoms with E-state index < -0.39 is 0 Å². The quantitative estimate of drug-likeness (QED) is 0.677. The van der Waals surface area contributed by atoms with Gasteiger partial charge in [-0.1, -0.05) is 37.3 Å². The second-order valence-electron chi connectivity index (χ2n) is 7.34. The highest BCUT2D eigenvalue weighted by molar-refractivity contribution is 7.80. The number of rotatable bonds is 2. The molecule has 0 unspecified atom stereocenters. The van der Waals surface area contributed by atoms with Gasteiger partial charge in [-0.2, -0.15) is 0 Å². The van der Waals surface area contributed by atoms with Gasteiger partial charge in [0.25, 0.3) is 5.91 Å². The number of amides is 1. The van der Waals surface area contributed by atoms with Gasteiger partial charge in [0.15, 0.2) is 5.11 Å². The minimum Gasteiger partial charge on any atom is -0.356 e. The maximum Gasteiger partial charge on any atom is 0.256 e. The normalized spacial score (nSPS) is 21.7. The van der Waals surface area contributed by atoms with Crippen molar-refractivity contribution in [1.82, 2.24) is 9.88 Å². The minimum absolute atomic E-state index is 0.0440. The number of aromatic nitrogens is 1. The van der Waals surface area contributed by atoms with Crippen LogP contribution in [0.5, 0.6) is 0 Å². The molecule has 0 radical (unpaired) electrons. The summed E-state index contributed by atoms with van der Waals surface area (Å²) in [6.45, 7) is 4.25. The number of nitrogens with zero attached hydrogens (tertiary/aromatic N) is 2. The van der Waals surface area contributed by atoms with Gasteiger partial charge < -0.3 is 9.88 Å². The van der Waals surface area contributed by atoms with Crippen LogP contribution < -0.4 is 4.90 Å². The van der Waals surface area contributed by atoms with Crippen LogP contribution in [0.15, 0.2) is 48.5 Å². The third-order valence-corrected chi connectivity index (χ3v) is 6.33. The zero-order chi connectivity index (χ0) is 18.7. The number of benzene rings is 2. The monoisotopic (exact) mass is 375 g/mol. The average Bonchev–Trinajstić information content (AvgIpc) is 3.18. The lowest BCUT2D eigenvalue weighted by molar-refractivity contribution is -0.120. The molecule has 5 heteroatoms. The summed E-state index contributed by atoms with van der Waals surface area (Å²) in [5.41, 5.74) is 5.66. The highest BCUT2D eigenvalue weighted by Crippen LogP contribution is 2.41. The first-order valence-corrected chi connectivity index (χ1v) is 9.85. The number of hydrogen-bond acceptors (Lipinski definition) is 2. The van der Waals surface area contributed by atoms with Crippen molar-refractivity contribution in [2.45, 2.75) is 38.8 Å². The Hall–Kier alpha value is -2.66. The predicted octanol–water partition coefficient (Wildman–Crippen LogP) is 4.35. The summed E-state index contributed by atoms with van der Waals surface area (Å²) >= 11 is 5.76. The molecule has 136 valence electrons. The van der Waals surface area contributed by atoms with Crippen LogP contribution in [-0.4, -0.2) is 26.9 Å². The average molecular weight is 375 g/mol. The molecule has 0 saturated carbocycles. The lowest BCUT2D eigenvalue weighted by Crippen LogP contribution is -2.42. The lowest BCUT2D eigenvalue weighted by atomic mass is 9.93. The fourth-order valence-electron chi connectivity index (χ4n) is 4.48. The molecule has 3 heterocycles. The number of nitrogens with one attached hydrogen (secondary N) is 1. The second-order valence-corrected chi connectivity index (χ2v) is 7.71. The summed E-state index contributed by atoms with van der Waals surface area (Å²) in [6, 6.07) is 16.3. The Kier molecular flexibility index (Phi) is 3.62. The van der Waals surface area contributed by atoms with Crippen LogP contribution in [0, 0.1) is 0 Å². The lowest BCUT2D eigenvalue weighted by Gasteiger charge is -2.34. The Balaban J connectivity index is 1.56. The van der Waals surface area contributed by atoms with Crippen LogP contribution >= 0.6 is 12.2 Å². The van der Waals surface area contributed by atoms with Gasteiger partial charge in [0, 0.05) is 23.0 Å². The molecule has 3 aromatic rings. The van der Waals surface area contributed by atoms with E-state index in [1.165, 1.54) is 22.2 Å². The van der Waals surface area contributed by atoms with Gasteiger partial charge in [0.2, 0.25) is 0 Å². The Morgan fingerprint density at radius 2 is 1.89 bits per heavy atom. The van der Waals surface area contributed by atoms with E-state index in [1.807, 2.05) is 18.2 Å². The van der Waals surface area contributed by atoms with Gasteiger partial charge in [0.05, 0.1) is 11.7 Å². The smallest absolute Gasteiger partial charge is 0.256 e. The number of aryl methyl sites for hydroxylation is 1. The van der Waals surface area contributed by atoms with E-state index in [-0.39, 0.29) is 18.0 Å². The Morgan fingerprint density at radius 3 is 2.63 bits per heavy atom. The van der Waals surface area contributed by atoms with Crippen LogP contribution in [0.1, 0.15) is 36.7 Å². The fourth-order valence-corrected chi connectivity index (χ4v) is 4.96. The van der Waals surface area contributed by atoms with E-state index in [2.05, 4.69) is 54.1 Å². The molecule has 2 aliphatic heterocycles. The number of hydrogen-bond donors (Lipinski definition) is 1. The number of anilines is 1. The summed E-state index contributed by atoms with van der Waals surface area (Å²) in [6.07, 6.45) is 1.67. The molecular formula is C22H21N3OS. The Morgan fingerprint density at radius 1 is 1.15 bits per heavy atom. The largest absolute Gasteiger partial charge is 0.356 e. The highest BCUT2D eigenvalue weighted by atomic mass is 32.1. The molecular weight excluding hydrogens is 354 g/mol. The van der Waals surface area contributed by atoms with Crippen LogP contribution in [-0.2, 0) is 17.6 Å². The summed E-state index contributed by atoms with van der Waals surface area (Å²) in [4.78, 5) is 20.7. The van der Waals surface area contributed by atoms with Crippen LogP contribution in [0.3, 0.4) is 0 Å². The molecule has 1 N–H and O–H groups in total. The van der Waals surface area contributed by atoms with Crippen molar-refractivity contribution >= 4 is 39.8 Å². The first-order valence-electron chi connectivity index (χ1n) is 9.44. The van der Waals surface area contributed by atoms with E-state index >= 15 is 0 Å². The fraction of sp³-hybridized carbons (Fsp3) is 0.273. The number of carbonyl (C=O) groups is 1. The number of fused-ring (bicyclic) bond motifs is 4. The zero-order valence-electron chi connectivity index (χ0n) is 15.4. The van der Waals surface area contributed by atoms with E-state index in [0.717, 1.165) is 17.6 Å². The van der Waals surface area contributed by atoms with Crippen molar-refractivity contribution in [2.75, 3.05) is 4.90 Å². The molecule has 0 aliphatic carbocycles. The molecule has 1 aromatic heterocycles. The van der Waals surface area contributed by atoms with Crippen molar-refractivity contribution in [1.29, 1.82) is 0 Å². The SMILES string of the molecule is CCc1ccc(N2C(=O)[C@@H]3Cc4c([nH]c5ccccc45)[C@H](C)N3C2=S)cc1. The topological polar surface area (TPSA) is 39.3 Å². The molecule has 5 rings (SSSR count). The van der Waals surface area contributed by atoms with Crippen LogP contribution in [0.4, 0.5) is 5.69 Å². The highest BCUT2D eigenvalue weighted by Gasteiger charge is 2.49. The first-order chi connectivity index (χ1) is 13.1. The Bertz CT molecular complexity index is 1070. The molecule has 0 bridgehead atoms. The summed E-state index contributed by atoms with van der Waals surface area (Å²) in [5.74, 6) is 0.0760. The third kappa shape index (κ3) is 2.28. The van der Waals surface area contributed by atoms with E-state index in [4.69, 9.17) is 12.2 Å². The number of para-hydroxylation sites is 1. The van der Waals surface area contributed by atoms with Crippen LogP contribution in [0.2, 0.25) is 0 Å². The summed E-state index contributed by atoms with van der Waals surface area (Å²) < 4.78 is 0. The maximum absolute atomic E-state index is 13.3. The van der Waals surface area contributed by atoms with Crippen molar-refractivity contribution in [3.8, 4) is 0 Å². The number of thiocarbonyl (C=S) groups is 1. The molecule has 0 spiro atoms. The van der Waals surface area contributed by atoms with Crippen molar-refractivity contribution < 1.29 is 4.79 Å². The Labute approximate surface area is 163 Å². The van der Waals surface area contributed by atoms with Gasteiger partial charge in [0.1, 0.15) is 6.04 Å². The predicted molar refractivity (Wildman–Crippen MR) is 112 cm³/mol. The van der Waals surface area contributed by atoms with E-state index in [1.54, 1.807) is 4.90 Å². The molecule has 1 saturated heterocycles. The third-order valence-electron chi connectivity index (χ3n) is 5.94. The van der Waals surface area contributed by atoms with E-state index in [9.17, 15) is 4.79 Å². The van der Waals surface area contributed by atoms with Crippen LogP contribution in [0.25, 0.3) is 10.9 Å². The van der Waals surface area contributed by atoms with Gasteiger partial charge >= 0.3 is 0 Å². The number of H-pyrrole nitrogens is 1. The summed E-state index contributed by atoms with van der Waals surface area (Å²) in [5, 5.41) is 1.81. The molecule has 1 fully saturated rings. The van der Waals surface area contributed by atoms with Crippen molar-refractivity contribution in [3.05, 3.63) is 65.4 Å².